The summed E-state index contributed by atoms with van der Waals surface area (Å²) in [6, 6.07) is 8.01. The van der Waals surface area contributed by atoms with Crippen LogP contribution < -0.4 is 0 Å². The second-order valence-corrected chi connectivity index (χ2v) is 3.53. The number of imidazole rings is 1. The minimum atomic E-state index is 0.751. The molecule has 0 unspecified atom stereocenters. The number of aromatic nitrogens is 4. The van der Waals surface area contributed by atoms with Gasteiger partial charge in [-0.25, -0.2) is 9.67 Å². The molecule has 3 rings (SSSR count). The number of hydrogen-bond donors (Lipinski definition) is 1. The summed E-state index contributed by atoms with van der Waals surface area (Å²) in [5.41, 5.74) is 3.23. The maximum Gasteiger partial charge on any atom is 0.229 e. The minimum absolute atomic E-state index is 0.751. The fourth-order valence-corrected chi connectivity index (χ4v) is 1.61. The van der Waals surface area contributed by atoms with Gasteiger partial charge in [-0.15, -0.1) is 0 Å². The predicted molar refractivity (Wildman–Crippen MR) is 58.0 cm³/mol. The molecule has 3 aromatic rings. The molecule has 0 aliphatic carbocycles. The van der Waals surface area contributed by atoms with Gasteiger partial charge < -0.3 is 4.98 Å². The minimum Gasteiger partial charge on any atom is -0.322 e. The molecule has 0 atom stereocenters. The van der Waals surface area contributed by atoms with Crippen LogP contribution in [-0.4, -0.2) is 19.7 Å². The van der Waals surface area contributed by atoms with Crippen LogP contribution >= 0.6 is 0 Å². The zero-order valence-corrected chi connectivity index (χ0v) is 8.31. The van der Waals surface area contributed by atoms with Gasteiger partial charge in [-0.1, -0.05) is 6.07 Å². The normalized spacial score (nSPS) is 11.0. The molecule has 0 saturated carbocycles. The van der Waals surface area contributed by atoms with E-state index in [-0.39, 0.29) is 0 Å². The summed E-state index contributed by atoms with van der Waals surface area (Å²) in [5.74, 6) is 0.751. The van der Waals surface area contributed by atoms with Crippen molar-refractivity contribution < 1.29 is 0 Å². The highest BCUT2D eigenvalue weighted by molar-refractivity contribution is 5.76. The maximum absolute atomic E-state index is 4.44. The van der Waals surface area contributed by atoms with E-state index in [1.165, 1.54) is 5.56 Å². The molecule has 74 valence electrons. The Balaban J connectivity index is 2.22. The number of hydrogen-bond acceptors (Lipinski definition) is 2. The van der Waals surface area contributed by atoms with Gasteiger partial charge in [0.15, 0.2) is 0 Å². The smallest absolute Gasteiger partial charge is 0.229 e. The first-order chi connectivity index (χ1) is 7.33. The number of benzene rings is 1. The van der Waals surface area contributed by atoms with Crippen LogP contribution in [0.15, 0.2) is 36.7 Å². The second-order valence-electron chi connectivity index (χ2n) is 3.53. The van der Waals surface area contributed by atoms with E-state index in [1.54, 1.807) is 10.9 Å². The highest BCUT2D eigenvalue weighted by Gasteiger charge is 2.03. The van der Waals surface area contributed by atoms with Crippen LogP contribution in [0.5, 0.6) is 0 Å². The summed E-state index contributed by atoms with van der Waals surface area (Å²) in [4.78, 5) is 7.67. The van der Waals surface area contributed by atoms with Crippen molar-refractivity contribution in [2.75, 3.05) is 0 Å². The number of fused-ring (bicyclic) bond motifs is 1. The Morgan fingerprint density at radius 2 is 2.27 bits per heavy atom. The van der Waals surface area contributed by atoms with Crippen LogP contribution in [-0.2, 0) is 0 Å². The average Bonchev–Trinajstić information content (AvgIpc) is 2.84. The monoisotopic (exact) mass is 198 g/mol. The second kappa shape index (κ2) is 2.95. The summed E-state index contributed by atoms with van der Waals surface area (Å²) >= 11 is 0. The molecule has 0 fully saturated rings. The molecule has 0 bridgehead atoms. The first-order valence-electron chi connectivity index (χ1n) is 4.79. The van der Waals surface area contributed by atoms with Crippen molar-refractivity contribution in [2.24, 2.45) is 0 Å². The fourth-order valence-electron chi connectivity index (χ4n) is 1.61. The van der Waals surface area contributed by atoms with Crippen LogP contribution in [0.3, 0.4) is 0 Å². The Morgan fingerprint density at radius 1 is 1.33 bits per heavy atom. The Hall–Kier alpha value is -2.10. The third kappa shape index (κ3) is 1.30. The van der Waals surface area contributed by atoms with Gasteiger partial charge >= 0.3 is 0 Å². The van der Waals surface area contributed by atoms with E-state index >= 15 is 0 Å². The molecular weight excluding hydrogens is 188 g/mol. The highest BCUT2D eigenvalue weighted by atomic mass is 15.3. The lowest BCUT2D eigenvalue weighted by Crippen LogP contribution is -1.95. The van der Waals surface area contributed by atoms with Gasteiger partial charge in [0.25, 0.3) is 0 Å². The van der Waals surface area contributed by atoms with Crippen LogP contribution in [0.1, 0.15) is 5.56 Å². The van der Waals surface area contributed by atoms with E-state index in [9.17, 15) is 0 Å². The zero-order chi connectivity index (χ0) is 10.3. The van der Waals surface area contributed by atoms with Crippen molar-refractivity contribution >= 4 is 11.0 Å². The van der Waals surface area contributed by atoms with E-state index in [2.05, 4.69) is 34.1 Å². The molecule has 0 radical (unpaired) electrons. The van der Waals surface area contributed by atoms with Gasteiger partial charge in [0.05, 0.1) is 11.0 Å². The largest absolute Gasteiger partial charge is 0.322 e. The van der Waals surface area contributed by atoms with E-state index in [0.29, 0.717) is 0 Å². The molecule has 0 amide bonds. The quantitative estimate of drug-likeness (QED) is 0.650. The van der Waals surface area contributed by atoms with Gasteiger partial charge in [-0.2, -0.15) is 5.10 Å². The van der Waals surface area contributed by atoms with Crippen LogP contribution in [0, 0.1) is 6.92 Å². The van der Waals surface area contributed by atoms with Gasteiger partial charge in [0.2, 0.25) is 5.95 Å². The number of H-pyrrole nitrogens is 1. The van der Waals surface area contributed by atoms with Crippen molar-refractivity contribution in [1.82, 2.24) is 19.7 Å². The average molecular weight is 198 g/mol. The number of nitrogens with zero attached hydrogens (tertiary/aromatic N) is 3. The summed E-state index contributed by atoms with van der Waals surface area (Å²) in [6.45, 7) is 2.06. The van der Waals surface area contributed by atoms with Crippen LogP contribution in [0.2, 0.25) is 0 Å². The number of rotatable bonds is 1. The topological polar surface area (TPSA) is 46.5 Å². The highest BCUT2D eigenvalue weighted by Crippen LogP contribution is 2.14. The first kappa shape index (κ1) is 8.23. The molecule has 4 heteroatoms. The SMILES string of the molecule is Cc1ccc2nc(-n3cccn3)[nH]c2c1. The maximum atomic E-state index is 4.44. The molecule has 1 aromatic carbocycles. The van der Waals surface area contributed by atoms with Crippen molar-refractivity contribution in [3.63, 3.8) is 0 Å². The molecular formula is C11H10N4. The lowest BCUT2D eigenvalue weighted by Gasteiger charge is -1.91. The van der Waals surface area contributed by atoms with Crippen molar-refractivity contribution in [1.29, 1.82) is 0 Å². The molecule has 4 nitrogen and oxygen atoms in total. The Bertz CT molecular complexity index is 592. The molecule has 0 saturated heterocycles. The fraction of sp³-hybridized carbons (Fsp3) is 0.0909. The lowest BCUT2D eigenvalue weighted by atomic mass is 10.2. The Kier molecular flexibility index (Phi) is 1.62. The van der Waals surface area contributed by atoms with Gasteiger partial charge in [0.1, 0.15) is 0 Å². The van der Waals surface area contributed by atoms with Crippen molar-refractivity contribution in [3.05, 3.63) is 42.2 Å². The third-order valence-electron chi connectivity index (χ3n) is 2.35. The van der Waals surface area contributed by atoms with E-state index in [4.69, 9.17) is 0 Å². The molecule has 15 heavy (non-hydrogen) atoms. The molecule has 2 aromatic heterocycles. The van der Waals surface area contributed by atoms with Gasteiger partial charge in [-0.3, -0.25) is 0 Å². The Labute approximate surface area is 86.6 Å². The zero-order valence-electron chi connectivity index (χ0n) is 8.31. The standard InChI is InChI=1S/C11H10N4/c1-8-3-4-9-10(7-8)14-11(13-9)15-6-2-5-12-15/h2-7H,1H3,(H,13,14). The van der Waals surface area contributed by atoms with Crippen molar-refractivity contribution in [3.8, 4) is 5.95 Å². The number of aryl methyl sites for hydroxylation is 1. The third-order valence-corrected chi connectivity index (χ3v) is 2.35. The molecule has 0 spiro atoms. The van der Waals surface area contributed by atoms with Gasteiger partial charge in [0, 0.05) is 12.4 Å². The number of aromatic amines is 1. The number of nitrogens with one attached hydrogen (secondary N) is 1. The van der Waals surface area contributed by atoms with E-state index in [0.717, 1.165) is 17.0 Å². The predicted octanol–water partition coefficient (Wildman–Crippen LogP) is 2.06. The van der Waals surface area contributed by atoms with Gasteiger partial charge in [-0.05, 0) is 30.7 Å². The summed E-state index contributed by atoms with van der Waals surface area (Å²) < 4.78 is 1.72. The first-order valence-corrected chi connectivity index (χ1v) is 4.79. The molecule has 2 heterocycles. The van der Waals surface area contributed by atoms with Crippen molar-refractivity contribution in [2.45, 2.75) is 6.92 Å². The summed E-state index contributed by atoms with van der Waals surface area (Å²) in [6.07, 6.45) is 3.60. The van der Waals surface area contributed by atoms with Crippen LogP contribution in [0.25, 0.3) is 17.0 Å². The van der Waals surface area contributed by atoms with E-state index < -0.39 is 0 Å². The molecule has 1 N–H and O–H groups in total. The van der Waals surface area contributed by atoms with Crippen LogP contribution in [0.4, 0.5) is 0 Å². The summed E-state index contributed by atoms with van der Waals surface area (Å²) in [7, 11) is 0. The lowest BCUT2D eigenvalue weighted by molar-refractivity contribution is 0.829. The summed E-state index contributed by atoms with van der Waals surface area (Å²) in [5, 5.41) is 4.13. The molecule has 0 aliphatic rings. The van der Waals surface area contributed by atoms with E-state index in [1.807, 2.05) is 18.3 Å². The molecule has 0 aliphatic heterocycles. The Morgan fingerprint density at radius 3 is 3.07 bits per heavy atom.